The van der Waals surface area contributed by atoms with Gasteiger partial charge < -0.3 is 14.6 Å². The molecule has 0 radical (unpaired) electrons. The van der Waals surface area contributed by atoms with E-state index in [1.165, 1.54) is 6.07 Å². The average Bonchev–Trinajstić information content (AvgIpc) is 2.86. The Morgan fingerprint density at radius 3 is 2.59 bits per heavy atom. The minimum atomic E-state index is -0.849. The van der Waals surface area contributed by atoms with Crippen molar-refractivity contribution in [1.82, 2.24) is 0 Å². The Labute approximate surface area is 222 Å². The van der Waals surface area contributed by atoms with Gasteiger partial charge in [0.2, 0.25) is 0 Å². The lowest BCUT2D eigenvalue weighted by Crippen LogP contribution is -2.35. The fourth-order valence-corrected chi connectivity index (χ4v) is 5.27. The van der Waals surface area contributed by atoms with Gasteiger partial charge in [0.1, 0.15) is 18.2 Å². The zero-order valence-corrected chi connectivity index (χ0v) is 21.9. The van der Waals surface area contributed by atoms with Gasteiger partial charge in [0.05, 0.1) is 12.2 Å². The van der Waals surface area contributed by atoms with Gasteiger partial charge in [-0.2, -0.15) is 0 Å². The molecule has 0 aliphatic carbocycles. The van der Waals surface area contributed by atoms with Gasteiger partial charge in [0, 0.05) is 28.8 Å². The van der Waals surface area contributed by atoms with Gasteiger partial charge in [-0.3, -0.25) is 4.79 Å². The number of hydrogen-bond donors (Lipinski definition) is 1. The Morgan fingerprint density at radius 2 is 1.89 bits per heavy atom. The van der Waals surface area contributed by atoms with Crippen LogP contribution in [0.3, 0.4) is 0 Å². The van der Waals surface area contributed by atoms with Gasteiger partial charge in [0.15, 0.2) is 0 Å². The largest absolute Gasteiger partial charge is 0.489 e. The molecule has 0 amide bonds. The highest BCUT2D eigenvalue weighted by molar-refractivity contribution is 6.30. The number of aliphatic carboxylic acids is 1. The van der Waals surface area contributed by atoms with Crippen LogP contribution in [0.2, 0.25) is 5.02 Å². The quantitative estimate of drug-likeness (QED) is 0.290. The highest BCUT2D eigenvalue weighted by Crippen LogP contribution is 2.48. The highest BCUT2D eigenvalue weighted by Gasteiger charge is 2.40. The minimum absolute atomic E-state index is 0.0311. The van der Waals surface area contributed by atoms with Gasteiger partial charge in [-0.05, 0) is 73.7 Å². The maximum absolute atomic E-state index is 14.7. The van der Waals surface area contributed by atoms with Crippen molar-refractivity contribution in [2.45, 2.75) is 57.8 Å². The first-order chi connectivity index (χ1) is 17.7. The molecule has 1 fully saturated rings. The van der Waals surface area contributed by atoms with E-state index in [4.69, 9.17) is 21.1 Å². The van der Waals surface area contributed by atoms with Gasteiger partial charge in [-0.1, -0.05) is 60.2 Å². The summed E-state index contributed by atoms with van der Waals surface area (Å²) in [5.41, 5.74) is 4.25. The third-order valence-corrected chi connectivity index (χ3v) is 7.27. The van der Waals surface area contributed by atoms with Crippen molar-refractivity contribution in [2.75, 3.05) is 0 Å². The normalized spacial score (nSPS) is 21.4. The summed E-state index contributed by atoms with van der Waals surface area (Å²) >= 11 is 6.15. The number of aryl methyl sites for hydroxylation is 1. The van der Waals surface area contributed by atoms with E-state index in [1.54, 1.807) is 6.07 Å². The van der Waals surface area contributed by atoms with Crippen LogP contribution in [0.5, 0.6) is 5.75 Å². The molecule has 1 saturated heterocycles. The molecule has 194 valence electrons. The zero-order chi connectivity index (χ0) is 26.5. The second-order valence-corrected chi connectivity index (χ2v) is 10.2. The van der Waals surface area contributed by atoms with Gasteiger partial charge in [-0.15, -0.1) is 0 Å². The van der Waals surface area contributed by atoms with Crippen LogP contribution in [0.15, 0.2) is 78.9 Å². The van der Waals surface area contributed by atoms with E-state index in [9.17, 15) is 14.3 Å². The monoisotopic (exact) mass is 522 g/mol. The van der Waals surface area contributed by atoms with Crippen molar-refractivity contribution in [2.24, 2.45) is 5.92 Å². The molecule has 37 heavy (non-hydrogen) atoms. The van der Waals surface area contributed by atoms with Crippen molar-refractivity contribution < 1.29 is 23.8 Å². The second-order valence-electron chi connectivity index (χ2n) is 9.76. The number of ether oxygens (including phenoxy) is 2. The number of halogens is 2. The molecule has 6 heteroatoms. The summed E-state index contributed by atoms with van der Waals surface area (Å²) in [5, 5.41) is 9.82. The molecule has 4 atom stereocenters. The maximum Gasteiger partial charge on any atom is 0.303 e. The SMILES string of the molecule is C=C(C)[C@H]1C[C@@H](c2ccccc2F)[C@H](C)O[C@@H]1c1cc(CCC(=O)O)ccc1OCc1cccc(Cl)c1. The number of benzene rings is 3. The van der Waals surface area contributed by atoms with Crippen LogP contribution < -0.4 is 4.74 Å². The summed E-state index contributed by atoms with van der Waals surface area (Å²) in [6.07, 6.45) is 0.489. The molecular weight excluding hydrogens is 491 g/mol. The molecule has 0 aromatic heterocycles. The zero-order valence-electron chi connectivity index (χ0n) is 21.1. The third kappa shape index (κ3) is 6.60. The molecule has 3 aromatic carbocycles. The summed E-state index contributed by atoms with van der Waals surface area (Å²) in [5.74, 6) is -0.623. The number of hydrogen-bond acceptors (Lipinski definition) is 3. The number of rotatable bonds is 9. The second kappa shape index (κ2) is 11.9. The molecule has 4 nitrogen and oxygen atoms in total. The lowest BCUT2D eigenvalue weighted by atomic mass is 9.75. The van der Waals surface area contributed by atoms with E-state index in [1.807, 2.05) is 68.4 Å². The average molecular weight is 523 g/mol. The van der Waals surface area contributed by atoms with Crippen molar-refractivity contribution in [3.8, 4) is 5.75 Å². The summed E-state index contributed by atoms with van der Waals surface area (Å²) in [7, 11) is 0. The van der Waals surface area contributed by atoms with Crippen LogP contribution in [0.25, 0.3) is 0 Å². The van der Waals surface area contributed by atoms with Crippen LogP contribution in [-0.2, 0) is 22.6 Å². The van der Waals surface area contributed by atoms with Crippen LogP contribution in [0.4, 0.5) is 4.39 Å². The molecule has 1 aliphatic rings. The summed E-state index contributed by atoms with van der Waals surface area (Å²) in [6.45, 7) is 8.50. The lowest BCUT2D eigenvalue weighted by molar-refractivity contribution is -0.136. The molecule has 1 N–H and O–H groups in total. The van der Waals surface area contributed by atoms with E-state index < -0.39 is 5.97 Å². The maximum atomic E-state index is 14.7. The molecule has 3 aromatic rings. The van der Waals surface area contributed by atoms with Gasteiger partial charge in [-0.25, -0.2) is 4.39 Å². The van der Waals surface area contributed by atoms with Crippen LogP contribution in [0, 0.1) is 11.7 Å². The van der Waals surface area contributed by atoms with Crippen molar-refractivity contribution in [1.29, 1.82) is 0 Å². The number of carbonyl (C=O) groups is 1. The van der Waals surface area contributed by atoms with Crippen molar-refractivity contribution >= 4 is 17.6 Å². The molecule has 4 rings (SSSR count). The predicted molar refractivity (Wildman–Crippen MR) is 144 cm³/mol. The van der Waals surface area contributed by atoms with Crippen LogP contribution >= 0.6 is 11.6 Å². The van der Waals surface area contributed by atoms with E-state index >= 15 is 0 Å². The third-order valence-electron chi connectivity index (χ3n) is 7.03. The number of carboxylic acids is 1. The van der Waals surface area contributed by atoms with Crippen molar-refractivity contribution in [3.63, 3.8) is 0 Å². The molecule has 0 unspecified atom stereocenters. The molecule has 1 heterocycles. The first-order valence-electron chi connectivity index (χ1n) is 12.5. The first-order valence-corrected chi connectivity index (χ1v) is 12.9. The van der Waals surface area contributed by atoms with E-state index in [0.29, 0.717) is 35.8 Å². The molecule has 0 saturated carbocycles. The highest BCUT2D eigenvalue weighted by atomic mass is 35.5. The first kappa shape index (κ1) is 26.9. The Balaban J connectivity index is 1.68. The van der Waals surface area contributed by atoms with Crippen LogP contribution in [0.1, 0.15) is 61.0 Å². The Morgan fingerprint density at radius 1 is 1.11 bits per heavy atom. The van der Waals surface area contributed by atoms with Gasteiger partial charge >= 0.3 is 5.97 Å². The van der Waals surface area contributed by atoms with Crippen molar-refractivity contribution in [3.05, 3.63) is 112 Å². The van der Waals surface area contributed by atoms with Gasteiger partial charge in [0.25, 0.3) is 0 Å². The molecule has 0 bridgehead atoms. The fourth-order valence-electron chi connectivity index (χ4n) is 5.06. The standard InChI is InChI=1S/C31H32ClFO4/c1-19(2)25-17-26(24-9-4-5-10-28(24)33)20(3)37-31(25)27-16-21(12-14-30(34)35)11-13-29(27)36-18-22-7-6-8-23(32)15-22/h4-11,13,15-16,20,25-26,31H,1,12,14,17-18H2,2-3H3,(H,34,35)/t20-,25+,26+,31-/m0/s1. The summed E-state index contributed by atoms with van der Waals surface area (Å²) < 4.78 is 27.6. The summed E-state index contributed by atoms with van der Waals surface area (Å²) in [4.78, 5) is 11.2. The smallest absolute Gasteiger partial charge is 0.303 e. The molecular formula is C31H32ClFO4. The lowest BCUT2D eigenvalue weighted by Gasteiger charge is -2.42. The van der Waals surface area contributed by atoms with E-state index in [0.717, 1.165) is 22.3 Å². The minimum Gasteiger partial charge on any atom is -0.489 e. The molecule has 0 spiro atoms. The molecule has 1 aliphatic heterocycles. The van der Waals surface area contributed by atoms with E-state index in [2.05, 4.69) is 6.58 Å². The topological polar surface area (TPSA) is 55.8 Å². The number of carboxylic acid groups (broad SMARTS) is 1. The van der Waals surface area contributed by atoms with Crippen LogP contribution in [-0.4, -0.2) is 17.2 Å². The van der Waals surface area contributed by atoms with E-state index in [-0.39, 0.29) is 36.3 Å². The summed E-state index contributed by atoms with van der Waals surface area (Å²) in [6, 6.07) is 20.1. The fraction of sp³-hybridized carbons (Fsp3) is 0.323. The Hall–Kier alpha value is -3.15. The Kier molecular flexibility index (Phi) is 8.67. The predicted octanol–water partition coefficient (Wildman–Crippen LogP) is 7.90. The Bertz CT molecular complexity index is 1270.